The minimum atomic E-state index is -0.844. The van der Waals surface area contributed by atoms with Gasteiger partial charge in [-0.25, -0.2) is 19.2 Å². The van der Waals surface area contributed by atoms with Crippen molar-refractivity contribution in [3.63, 3.8) is 0 Å². The minimum absolute atomic E-state index is 0.138. The summed E-state index contributed by atoms with van der Waals surface area (Å²) in [5, 5.41) is 0. The SMILES string of the molecule is C=C(C)C(=O)OCCCOc1ccc(OC(C)=O)cc1.C=CC(=O)OCCCCOC(=O)NOC(C)=O.C=CC(=O)OCCCCOC(C)=O. The van der Waals surface area contributed by atoms with E-state index in [0.29, 0.717) is 69.0 Å². The van der Waals surface area contributed by atoms with Gasteiger partial charge in [0.25, 0.3) is 0 Å². The van der Waals surface area contributed by atoms with Crippen LogP contribution in [0.5, 0.6) is 11.5 Å². The van der Waals surface area contributed by atoms with Gasteiger partial charge in [0.15, 0.2) is 0 Å². The van der Waals surface area contributed by atoms with Crippen LogP contribution in [0.25, 0.3) is 0 Å². The third-order valence-electron chi connectivity index (χ3n) is 4.94. The van der Waals surface area contributed by atoms with Gasteiger partial charge < -0.3 is 38.0 Å². The molecule has 0 heterocycles. The summed E-state index contributed by atoms with van der Waals surface area (Å²) in [5.41, 5.74) is 2.17. The standard InChI is InChI=1S/C15H18O5.C10H15NO6.C9H14O4/c1-11(2)15(17)19-10-4-9-18-13-5-7-14(8-6-13)20-12(3)16;1-3-9(13)15-6-4-5-7-16-10(14)11-17-8(2)12;1-3-9(11)13-7-5-4-6-12-8(2)10/h5-8H,1,4,9-10H2,2-3H3;3H,1,4-7H2,2H3,(H,11,14);3H,1,4-7H2,2H3. The van der Waals surface area contributed by atoms with Crippen molar-refractivity contribution in [2.75, 3.05) is 39.6 Å². The fourth-order valence-corrected chi connectivity index (χ4v) is 2.70. The van der Waals surface area contributed by atoms with Crippen LogP contribution < -0.4 is 15.0 Å². The lowest BCUT2D eigenvalue weighted by Gasteiger charge is -2.07. The number of esters is 5. The first-order valence-corrected chi connectivity index (χ1v) is 15.3. The molecule has 0 aliphatic carbocycles. The molecule has 0 aromatic heterocycles. The van der Waals surface area contributed by atoms with Gasteiger partial charge in [-0.2, -0.15) is 0 Å². The Bertz CT molecular complexity index is 1240. The number of hydrogen-bond donors (Lipinski definition) is 1. The highest BCUT2D eigenvalue weighted by molar-refractivity contribution is 5.86. The van der Waals surface area contributed by atoms with Gasteiger partial charge >= 0.3 is 41.9 Å². The van der Waals surface area contributed by atoms with E-state index in [9.17, 15) is 33.6 Å². The number of unbranched alkanes of at least 4 members (excludes halogenated alkanes) is 2. The molecule has 0 aliphatic rings. The van der Waals surface area contributed by atoms with Gasteiger partial charge in [0, 0.05) is 44.9 Å². The summed E-state index contributed by atoms with van der Waals surface area (Å²) < 4.78 is 34.0. The number of hydrogen-bond acceptors (Lipinski definition) is 15. The molecule has 1 aromatic carbocycles. The first-order chi connectivity index (χ1) is 23.7. The number of nitrogens with one attached hydrogen (secondary N) is 1. The van der Waals surface area contributed by atoms with Crippen molar-refractivity contribution in [3.05, 3.63) is 61.7 Å². The summed E-state index contributed by atoms with van der Waals surface area (Å²) in [4.78, 5) is 78.6. The lowest BCUT2D eigenvalue weighted by atomic mass is 10.3. The summed E-state index contributed by atoms with van der Waals surface area (Å²) in [6.07, 6.45) is 4.40. The van der Waals surface area contributed by atoms with Crippen LogP contribution in [0.2, 0.25) is 0 Å². The molecule has 0 saturated carbocycles. The maximum absolute atomic E-state index is 11.1. The highest BCUT2D eigenvalue weighted by atomic mass is 16.7. The number of benzene rings is 1. The summed E-state index contributed by atoms with van der Waals surface area (Å²) in [5.74, 6) is -1.46. The normalized spacial score (nSPS) is 9.28. The highest BCUT2D eigenvalue weighted by Crippen LogP contribution is 2.17. The Morgan fingerprint density at radius 1 is 0.580 bits per heavy atom. The van der Waals surface area contributed by atoms with E-state index in [4.69, 9.17) is 23.7 Å². The molecule has 16 heteroatoms. The van der Waals surface area contributed by atoms with Crippen LogP contribution in [0.15, 0.2) is 61.7 Å². The molecule has 1 rings (SSSR count). The Morgan fingerprint density at radius 2 is 1.04 bits per heavy atom. The fraction of sp³-hybridized carbons (Fsp3) is 0.441. The highest BCUT2D eigenvalue weighted by Gasteiger charge is 2.04. The Hall–Kier alpha value is -5.67. The van der Waals surface area contributed by atoms with Crippen molar-refractivity contribution in [1.82, 2.24) is 5.48 Å². The van der Waals surface area contributed by atoms with Crippen LogP contribution in [-0.2, 0) is 57.3 Å². The third kappa shape index (κ3) is 32.3. The third-order valence-corrected chi connectivity index (χ3v) is 4.94. The molecule has 0 atom stereocenters. The van der Waals surface area contributed by atoms with E-state index >= 15 is 0 Å². The fourth-order valence-electron chi connectivity index (χ4n) is 2.70. The smallest absolute Gasteiger partial charge is 0.440 e. The average Bonchev–Trinajstić information content (AvgIpc) is 3.07. The quantitative estimate of drug-likeness (QED) is 0.0532. The maximum atomic E-state index is 11.1. The zero-order chi connectivity index (χ0) is 38.2. The molecule has 1 N–H and O–H groups in total. The van der Waals surface area contributed by atoms with Gasteiger partial charge in [-0.3, -0.25) is 14.4 Å². The second-order valence-corrected chi connectivity index (χ2v) is 9.51. The summed E-state index contributed by atoms with van der Waals surface area (Å²) >= 11 is 0. The molecular formula is C34H47NO15. The van der Waals surface area contributed by atoms with Crippen molar-refractivity contribution in [2.24, 2.45) is 0 Å². The molecule has 1 amide bonds. The number of carbonyl (C=O) groups excluding carboxylic acids is 7. The Balaban J connectivity index is 0. The van der Waals surface area contributed by atoms with E-state index in [2.05, 4.69) is 34.0 Å². The van der Waals surface area contributed by atoms with E-state index in [0.717, 1.165) is 19.1 Å². The van der Waals surface area contributed by atoms with Gasteiger partial charge in [-0.05, 0) is 56.9 Å². The van der Waals surface area contributed by atoms with Gasteiger partial charge in [-0.1, -0.05) is 19.7 Å². The topological polar surface area (TPSA) is 205 Å². The van der Waals surface area contributed by atoms with Crippen molar-refractivity contribution in [2.45, 2.75) is 59.8 Å². The predicted molar refractivity (Wildman–Crippen MR) is 177 cm³/mol. The van der Waals surface area contributed by atoms with Crippen LogP contribution in [0.4, 0.5) is 4.79 Å². The molecule has 0 unspecified atom stereocenters. The molecule has 0 bridgehead atoms. The van der Waals surface area contributed by atoms with Gasteiger partial charge in [-0.15, -0.1) is 5.48 Å². The molecular weight excluding hydrogens is 662 g/mol. The van der Waals surface area contributed by atoms with Crippen LogP contribution >= 0.6 is 0 Å². The van der Waals surface area contributed by atoms with Crippen LogP contribution in [-0.4, -0.2) is 81.6 Å². The molecule has 0 fully saturated rings. The van der Waals surface area contributed by atoms with E-state index < -0.39 is 30.0 Å². The summed E-state index contributed by atoms with van der Waals surface area (Å²) in [6, 6.07) is 6.71. The van der Waals surface area contributed by atoms with Gasteiger partial charge in [0.05, 0.1) is 39.6 Å². The number of carbonyl (C=O) groups is 7. The Labute approximate surface area is 291 Å². The number of amides is 1. The predicted octanol–water partition coefficient (Wildman–Crippen LogP) is 4.26. The van der Waals surface area contributed by atoms with E-state index in [-0.39, 0.29) is 31.8 Å². The largest absolute Gasteiger partial charge is 0.493 e. The van der Waals surface area contributed by atoms with Gasteiger partial charge in [0.1, 0.15) is 11.5 Å². The molecule has 0 saturated heterocycles. The van der Waals surface area contributed by atoms with Crippen LogP contribution in [0.3, 0.4) is 0 Å². The number of rotatable bonds is 19. The molecule has 50 heavy (non-hydrogen) atoms. The second-order valence-electron chi connectivity index (χ2n) is 9.51. The summed E-state index contributed by atoms with van der Waals surface area (Å²) in [7, 11) is 0. The molecule has 0 aliphatic heterocycles. The molecule has 0 radical (unpaired) electrons. The van der Waals surface area contributed by atoms with Crippen LogP contribution in [0.1, 0.15) is 59.8 Å². The summed E-state index contributed by atoms with van der Waals surface area (Å²) in [6.45, 7) is 17.2. The van der Waals surface area contributed by atoms with Gasteiger partial charge in [0.2, 0.25) is 0 Å². The zero-order valence-corrected chi connectivity index (χ0v) is 29.0. The van der Waals surface area contributed by atoms with E-state index in [1.165, 1.54) is 13.8 Å². The monoisotopic (exact) mass is 709 g/mol. The van der Waals surface area contributed by atoms with Crippen molar-refractivity contribution in [3.8, 4) is 11.5 Å². The number of ether oxygens (including phenoxy) is 7. The number of hydroxylamine groups is 1. The molecule has 0 spiro atoms. The molecule has 278 valence electrons. The molecule has 1 aromatic rings. The first-order valence-electron chi connectivity index (χ1n) is 15.3. The minimum Gasteiger partial charge on any atom is -0.493 e. The van der Waals surface area contributed by atoms with Crippen molar-refractivity contribution in [1.29, 1.82) is 0 Å². The molecule has 16 nitrogen and oxygen atoms in total. The average molecular weight is 710 g/mol. The first kappa shape index (κ1) is 46.4. The Morgan fingerprint density at radius 3 is 1.48 bits per heavy atom. The zero-order valence-electron chi connectivity index (χ0n) is 29.0. The lowest BCUT2D eigenvalue weighted by Crippen LogP contribution is -2.26. The van der Waals surface area contributed by atoms with Crippen molar-refractivity contribution >= 4 is 41.9 Å². The van der Waals surface area contributed by atoms with Crippen LogP contribution in [0, 0.1) is 0 Å². The van der Waals surface area contributed by atoms with E-state index in [1.807, 2.05) is 0 Å². The van der Waals surface area contributed by atoms with Crippen molar-refractivity contribution < 1.29 is 71.6 Å². The second kappa shape index (κ2) is 30.7. The Kier molecular flexibility index (Phi) is 28.5. The lowest BCUT2D eigenvalue weighted by molar-refractivity contribution is -0.147. The maximum Gasteiger partial charge on any atom is 0.440 e. The van der Waals surface area contributed by atoms with E-state index in [1.54, 1.807) is 36.7 Å².